The molecule has 2 aromatic rings. The molecular formula is C17H23N5OS. The van der Waals surface area contributed by atoms with E-state index in [0.29, 0.717) is 11.8 Å². The van der Waals surface area contributed by atoms with Gasteiger partial charge in [-0.05, 0) is 48.2 Å². The highest BCUT2D eigenvalue weighted by Crippen LogP contribution is 2.31. The van der Waals surface area contributed by atoms with Crippen LogP contribution >= 0.6 is 11.8 Å². The summed E-state index contributed by atoms with van der Waals surface area (Å²) in [5.74, 6) is 0.320. The first-order valence-corrected chi connectivity index (χ1v) is 9.39. The Hall–Kier alpha value is -1.89. The van der Waals surface area contributed by atoms with Crippen molar-refractivity contribution < 1.29 is 4.79 Å². The van der Waals surface area contributed by atoms with E-state index in [1.807, 2.05) is 29.8 Å². The Kier molecular flexibility index (Phi) is 5.50. The molecule has 6 nitrogen and oxygen atoms in total. The van der Waals surface area contributed by atoms with Gasteiger partial charge in [0.2, 0.25) is 11.1 Å². The van der Waals surface area contributed by atoms with Crippen LogP contribution in [0.25, 0.3) is 0 Å². The minimum absolute atomic E-state index is 0.00303. The number of benzene rings is 1. The third-order valence-electron chi connectivity index (χ3n) is 4.50. The molecule has 7 heteroatoms. The number of aryl methyl sites for hydroxylation is 1. The topological polar surface area (TPSA) is 72.7 Å². The molecule has 1 aromatic heterocycles. The highest BCUT2D eigenvalue weighted by atomic mass is 32.2. The molecule has 1 unspecified atom stereocenters. The summed E-state index contributed by atoms with van der Waals surface area (Å²) in [6.07, 6.45) is 4.69. The van der Waals surface area contributed by atoms with Crippen molar-refractivity contribution in [1.29, 1.82) is 0 Å². The van der Waals surface area contributed by atoms with Gasteiger partial charge in [-0.2, -0.15) is 0 Å². The van der Waals surface area contributed by atoms with Crippen LogP contribution in [-0.2, 0) is 4.79 Å². The summed E-state index contributed by atoms with van der Waals surface area (Å²) in [6.45, 7) is 4.07. The van der Waals surface area contributed by atoms with Crippen molar-refractivity contribution in [3.8, 4) is 0 Å². The van der Waals surface area contributed by atoms with E-state index in [2.05, 4.69) is 33.8 Å². The summed E-state index contributed by atoms with van der Waals surface area (Å²) in [5, 5.41) is 15.7. The summed E-state index contributed by atoms with van der Waals surface area (Å²) in [6, 6.07) is 8.49. The van der Waals surface area contributed by atoms with Gasteiger partial charge >= 0.3 is 0 Å². The van der Waals surface area contributed by atoms with Crippen LogP contribution in [0.3, 0.4) is 0 Å². The molecular weight excluding hydrogens is 322 g/mol. The molecule has 1 fully saturated rings. The van der Waals surface area contributed by atoms with Gasteiger partial charge in [-0.15, -0.1) is 5.10 Å². The van der Waals surface area contributed by atoms with Crippen LogP contribution in [0.4, 0.5) is 0 Å². The van der Waals surface area contributed by atoms with Gasteiger partial charge in [0.15, 0.2) is 0 Å². The van der Waals surface area contributed by atoms with Gasteiger partial charge in [0.25, 0.3) is 0 Å². The zero-order chi connectivity index (χ0) is 16.9. The Bertz CT molecular complexity index is 696. The van der Waals surface area contributed by atoms with Gasteiger partial charge in [0.05, 0.1) is 17.8 Å². The maximum Gasteiger partial charge on any atom is 0.230 e. The molecule has 1 aromatic carbocycles. The first-order chi connectivity index (χ1) is 11.6. The lowest BCUT2D eigenvalue weighted by atomic mass is 10.0. The zero-order valence-corrected chi connectivity index (χ0v) is 14.9. The van der Waals surface area contributed by atoms with E-state index in [9.17, 15) is 4.79 Å². The molecule has 0 bridgehead atoms. The first-order valence-electron chi connectivity index (χ1n) is 8.40. The van der Waals surface area contributed by atoms with E-state index < -0.39 is 0 Å². The highest BCUT2D eigenvalue weighted by molar-refractivity contribution is 7.99. The van der Waals surface area contributed by atoms with Crippen LogP contribution in [0.1, 0.15) is 55.8 Å². The average Bonchev–Trinajstić information content (AvgIpc) is 3.24. The fraction of sp³-hybridized carbons (Fsp3) is 0.529. The molecule has 1 aliphatic carbocycles. The fourth-order valence-electron chi connectivity index (χ4n) is 3.22. The maximum atomic E-state index is 12.3. The summed E-state index contributed by atoms with van der Waals surface area (Å²) < 4.78 is 1.88. The average molecular weight is 345 g/mol. The standard InChI is InChI=1S/C17H23N5OS/c1-12-7-3-6-10-15(12)13(2)18-16(23)11-24-17-19-20-21-22(17)14-8-4-5-9-14/h3,6-7,10,13-14H,4-5,8-9,11H2,1-2H3,(H,18,23). The number of aromatic nitrogens is 4. The van der Waals surface area contributed by atoms with Gasteiger partial charge in [0, 0.05) is 0 Å². The Balaban J connectivity index is 1.55. The van der Waals surface area contributed by atoms with Crippen LogP contribution in [0, 0.1) is 6.92 Å². The molecule has 1 heterocycles. The second kappa shape index (κ2) is 7.79. The number of nitrogens with zero attached hydrogens (tertiary/aromatic N) is 4. The van der Waals surface area contributed by atoms with E-state index in [1.165, 1.54) is 30.2 Å². The van der Waals surface area contributed by atoms with Crippen molar-refractivity contribution in [3.63, 3.8) is 0 Å². The number of hydrogen-bond donors (Lipinski definition) is 1. The molecule has 1 N–H and O–H groups in total. The third kappa shape index (κ3) is 3.95. The highest BCUT2D eigenvalue weighted by Gasteiger charge is 2.22. The van der Waals surface area contributed by atoms with Crippen molar-refractivity contribution in [3.05, 3.63) is 35.4 Å². The van der Waals surface area contributed by atoms with Crippen LogP contribution in [0.2, 0.25) is 0 Å². The minimum atomic E-state index is -0.00914. The van der Waals surface area contributed by atoms with Gasteiger partial charge < -0.3 is 5.32 Å². The number of carbonyl (C=O) groups excluding carboxylic acids is 1. The lowest BCUT2D eigenvalue weighted by Gasteiger charge is -2.16. The van der Waals surface area contributed by atoms with E-state index in [1.54, 1.807) is 0 Å². The molecule has 0 aliphatic heterocycles. The normalized spacial score (nSPS) is 16.2. The zero-order valence-electron chi connectivity index (χ0n) is 14.1. The molecule has 0 saturated heterocycles. The predicted octanol–water partition coefficient (Wildman–Crippen LogP) is 3.07. The third-order valence-corrected chi connectivity index (χ3v) is 5.43. The van der Waals surface area contributed by atoms with Gasteiger partial charge in [-0.3, -0.25) is 4.79 Å². The van der Waals surface area contributed by atoms with E-state index in [-0.39, 0.29) is 11.9 Å². The Morgan fingerprint density at radius 2 is 2.12 bits per heavy atom. The van der Waals surface area contributed by atoms with E-state index in [0.717, 1.165) is 23.6 Å². The smallest absolute Gasteiger partial charge is 0.230 e. The molecule has 1 atom stereocenters. The monoisotopic (exact) mass is 345 g/mol. The van der Waals surface area contributed by atoms with Crippen LogP contribution in [-0.4, -0.2) is 31.9 Å². The number of nitrogens with one attached hydrogen (secondary N) is 1. The second-order valence-corrected chi connectivity index (χ2v) is 7.22. The SMILES string of the molecule is Cc1ccccc1C(C)NC(=O)CSc1nnnn1C1CCCC1. The van der Waals surface area contributed by atoms with E-state index in [4.69, 9.17) is 0 Å². The summed E-state index contributed by atoms with van der Waals surface area (Å²) in [5.41, 5.74) is 2.33. The Labute approximate surface area is 146 Å². The lowest BCUT2D eigenvalue weighted by Crippen LogP contribution is -2.28. The predicted molar refractivity (Wildman–Crippen MR) is 93.8 cm³/mol. The van der Waals surface area contributed by atoms with Gasteiger partial charge in [0.1, 0.15) is 0 Å². The van der Waals surface area contributed by atoms with Crippen LogP contribution in [0.15, 0.2) is 29.4 Å². The van der Waals surface area contributed by atoms with Crippen molar-refractivity contribution in [2.24, 2.45) is 0 Å². The minimum Gasteiger partial charge on any atom is -0.349 e. The molecule has 1 amide bonds. The molecule has 1 aliphatic rings. The number of carbonyl (C=O) groups is 1. The number of thioether (sulfide) groups is 1. The van der Waals surface area contributed by atoms with E-state index >= 15 is 0 Å². The summed E-state index contributed by atoms with van der Waals surface area (Å²) in [4.78, 5) is 12.3. The number of amides is 1. The van der Waals surface area contributed by atoms with Crippen molar-refractivity contribution >= 4 is 17.7 Å². The van der Waals surface area contributed by atoms with Crippen LogP contribution in [0.5, 0.6) is 0 Å². The van der Waals surface area contributed by atoms with Crippen molar-refractivity contribution in [2.75, 3.05) is 5.75 Å². The molecule has 0 spiro atoms. The fourth-order valence-corrected chi connectivity index (χ4v) is 3.98. The lowest BCUT2D eigenvalue weighted by molar-refractivity contribution is -0.119. The molecule has 3 rings (SSSR count). The quantitative estimate of drug-likeness (QED) is 0.815. The molecule has 1 saturated carbocycles. The van der Waals surface area contributed by atoms with Gasteiger partial charge in [-0.25, -0.2) is 4.68 Å². The largest absolute Gasteiger partial charge is 0.349 e. The summed E-state index contributed by atoms with van der Waals surface area (Å²) >= 11 is 1.40. The number of tetrazole rings is 1. The van der Waals surface area contributed by atoms with Crippen LogP contribution < -0.4 is 5.32 Å². The van der Waals surface area contributed by atoms with Crippen molar-refractivity contribution in [1.82, 2.24) is 25.5 Å². The van der Waals surface area contributed by atoms with Crippen molar-refractivity contribution in [2.45, 2.75) is 56.8 Å². The first kappa shape index (κ1) is 17.0. The molecule has 24 heavy (non-hydrogen) atoms. The second-order valence-electron chi connectivity index (χ2n) is 6.28. The summed E-state index contributed by atoms with van der Waals surface area (Å²) in [7, 11) is 0. The number of rotatable bonds is 6. The molecule has 0 radical (unpaired) electrons. The Morgan fingerprint density at radius 3 is 2.88 bits per heavy atom. The molecule has 128 valence electrons. The maximum absolute atomic E-state index is 12.3. The number of hydrogen-bond acceptors (Lipinski definition) is 5. The van der Waals surface area contributed by atoms with Gasteiger partial charge in [-0.1, -0.05) is 48.9 Å². The Morgan fingerprint density at radius 1 is 1.38 bits per heavy atom.